The van der Waals surface area contributed by atoms with Gasteiger partial charge in [0, 0.05) is 18.6 Å². The molecule has 0 aliphatic heterocycles. The fourth-order valence-corrected chi connectivity index (χ4v) is 1.71. The average molecular weight is 250 g/mol. The normalized spacial score (nSPS) is 11.6. The minimum absolute atomic E-state index is 0.203. The Labute approximate surface area is 111 Å². The Morgan fingerprint density at radius 2 is 1.89 bits per heavy atom. The smallest absolute Gasteiger partial charge is 0.119 e. The fourth-order valence-electron chi connectivity index (χ4n) is 1.71. The van der Waals surface area contributed by atoms with E-state index in [-0.39, 0.29) is 5.54 Å². The summed E-state index contributed by atoms with van der Waals surface area (Å²) in [5.74, 6) is 0.932. The maximum Gasteiger partial charge on any atom is 0.119 e. The predicted octanol–water partition coefficient (Wildman–Crippen LogP) is 2.22. The molecule has 0 aromatic heterocycles. The van der Waals surface area contributed by atoms with Gasteiger partial charge in [-0.1, -0.05) is 12.1 Å². The van der Waals surface area contributed by atoms with Crippen LogP contribution in [0.25, 0.3) is 0 Å². The molecule has 0 fully saturated rings. The zero-order valence-electron chi connectivity index (χ0n) is 12.0. The van der Waals surface area contributed by atoms with Crippen LogP contribution in [0.3, 0.4) is 0 Å². The minimum Gasteiger partial charge on any atom is -0.497 e. The molecule has 18 heavy (non-hydrogen) atoms. The van der Waals surface area contributed by atoms with E-state index in [1.807, 2.05) is 12.1 Å². The first-order valence-electron chi connectivity index (χ1n) is 6.60. The molecule has 0 saturated heterocycles. The Kier molecular flexibility index (Phi) is 6.16. The van der Waals surface area contributed by atoms with Crippen LogP contribution >= 0.6 is 0 Å². The van der Waals surface area contributed by atoms with Crippen molar-refractivity contribution in [2.24, 2.45) is 0 Å². The van der Waals surface area contributed by atoms with Crippen molar-refractivity contribution >= 4 is 0 Å². The molecule has 0 saturated carbocycles. The molecule has 0 radical (unpaired) electrons. The van der Waals surface area contributed by atoms with Crippen LogP contribution in [0.2, 0.25) is 0 Å². The molecular formula is C15H26N2O. The molecule has 102 valence electrons. The molecule has 2 N–H and O–H groups in total. The average Bonchev–Trinajstić information content (AvgIpc) is 2.32. The van der Waals surface area contributed by atoms with Crippen LogP contribution < -0.4 is 15.4 Å². The zero-order valence-corrected chi connectivity index (χ0v) is 12.0. The van der Waals surface area contributed by atoms with Gasteiger partial charge in [0.25, 0.3) is 0 Å². The van der Waals surface area contributed by atoms with Crippen molar-refractivity contribution in [3.63, 3.8) is 0 Å². The lowest BCUT2D eigenvalue weighted by molar-refractivity contribution is 0.414. The van der Waals surface area contributed by atoms with E-state index >= 15 is 0 Å². The molecule has 0 amide bonds. The molecule has 0 aliphatic carbocycles. The van der Waals surface area contributed by atoms with E-state index in [1.54, 1.807) is 7.11 Å². The molecule has 0 spiro atoms. The summed E-state index contributed by atoms with van der Waals surface area (Å²) < 4.78 is 5.21. The van der Waals surface area contributed by atoms with Crippen molar-refractivity contribution in [3.8, 4) is 5.75 Å². The summed E-state index contributed by atoms with van der Waals surface area (Å²) in [6.45, 7) is 9.55. The lowest BCUT2D eigenvalue weighted by Gasteiger charge is -2.20. The van der Waals surface area contributed by atoms with E-state index in [2.05, 4.69) is 43.5 Å². The summed E-state index contributed by atoms with van der Waals surface area (Å²) in [7, 11) is 1.70. The maximum absolute atomic E-state index is 5.21. The number of nitrogens with one attached hydrogen (secondary N) is 2. The molecule has 1 aromatic rings. The lowest BCUT2D eigenvalue weighted by atomic mass is 10.1. The third-order valence-electron chi connectivity index (χ3n) is 2.68. The SMILES string of the molecule is COc1cccc(CCNCCNC(C)(C)C)c1. The quantitative estimate of drug-likeness (QED) is 0.728. The van der Waals surface area contributed by atoms with Crippen LogP contribution in [-0.4, -0.2) is 32.3 Å². The van der Waals surface area contributed by atoms with E-state index in [0.29, 0.717) is 0 Å². The zero-order chi connectivity index (χ0) is 13.4. The van der Waals surface area contributed by atoms with Crippen molar-refractivity contribution in [3.05, 3.63) is 29.8 Å². The van der Waals surface area contributed by atoms with Gasteiger partial charge in [-0.2, -0.15) is 0 Å². The Morgan fingerprint density at radius 3 is 2.56 bits per heavy atom. The lowest BCUT2D eigenvalue weighted by Crippen LogP contribution is -2.40. The largest absolute Gasteiger partial charge is 0.497 e. The van der Waals surface area contributed by atoms with Gasteiger partial charge >= 0.3 is 0 Å². The van der Waals surface area contributed by atoms with Gasteiger partial charge < -0.3 is 15.4 Å². The van der Waals surface area contributed by atoms with Gasteiger partial charge in [-0.05, 0) is 51.4 Å². The van der Waals surface area contributed by atoms with Crippen LogP contribution in [-0.2, 0) is 6.42 Å². The predicted molar refractivity (Wildman–Crippen MR) is 77.3 cm³/mol. The number of hydrogen-bond donors (Lipinski definition) is 2. The van der Waals surface area contributed by atoms with Crippen molar-refractivity contribution in [2.45, 2.75) is 32.7 Å². The van der Waals surface area contributed by atoms with E-state index in [9.17, 15) is 0 Å². The van der Waals surface area contributed by atoms with E-state index in [4.69, 9.17) is 4.74 Å². The number of benzene rings is 1. The highest BCUT2D eigenvalue weighted by Crippen LogP contribution is 2.12. The van der Waals surface area contributed by atoms with Gasteiger partial charge in [0.05, 0.1) is 7.11 Å². The summed E-state index contributed by atoms with van der Waals surface area (Å²) >= 11 is 0. The highest BCUT2D eigenvalue weighted by molar-refractivity contribution is 5.28. The Balaban J connectivity index is 2.14. The number of ether oxygens (including phenoxy) is 1. The summed E-state index contributed by atoms with van der Waals surface area (Å²) in [5.41, 5.74) is 1.51. The summed E-state index contributed by atoms with van der Waals surface area (Å²) in [5, 5.41) is 6.90. The Morgan fingerprint density at radius 1 is 1.11 bits per heavy atom. The fraction of sp³-hybridized carbons (Fsp3) is 0.600. The number of methoxy groups -OCH3 is 1. The van der Waals surface area contributed by atoms with E-state index in [0.717, 1.165) is 31.8 Å². The van der Waals surface area contributed by atoms with Gasteiger partial charge in [0.2, 0.25) is 0 Å². The topological polar surface area (TPSA) is 33.3 Å². The van der Waals surface area contributed by atoms with Crippen molar-refractivity contribution in [1.82, 2.24) is 10.6 Å². The van der Waals surface area contributed by atoms with Gasteiger partial charge in [0.15, 0.2) is 0 Å². The molecule has 1 rings (SSSR count). The molecule has 3 heteroatoms. The molecule has 3 nitrogen and oxygen atoms in total. The van der Waals surface area contributed by atoms with E-state index in [1.165, 1.54) is 5.56 Å². The molecule has 1 aromatic carbocycles. The van der Waals surface area contributed by atoms with Crippen LogP contribution in [0, 0.1) is 0 Å². The van der Waals surface area contributed by atoms with E-state index < -0.39 is 0 Å². The first-order valence-corrected chi connectivity index (χ1v) is 6.60. The molecular weight excluding hydrogens is 224 g/mol. The third kappa shape index (κ3) is 6.62. The molecule has 0 atom stereocenters. The van der Waals surface area contributed by atoms with Crippen LogP contribution in [0.15, 0.2) is 24.3 Å². The van der Waals surface area contributed by atoms with Gasteiger partial charge in [-0.3, -0.25) is 0 Å². The summed E-state index contributed by atoms with van der Waals surface area (Å²) in [4.78, 5) is 0. The second-order valence-corrected chi connectivity index (χ2v) is 5.53. The highest BCUT2D eigenvalue weighted by Gasteiger charge is 2.06. The van der Waals surface area contributed by atoms with Crippen molar-refractivity contribution < 1.29 is 4.74 Å². The van der Waals surface area contributed by atoms with Crippen molar-refractivity contribution in [1.29, 1.82) is 0 Å². The van der Waals surface area contributed by atoms with Gasteiger partial charge in [-0.25, -0.2) is 0 Å². The number of rotatable bonds is 7. The molecule has 0 aliphatic rings. The Hall–Kier alpha value is -1.06. The second kappa shape index (κ2) is 7.39. The monoisotopic (exact) mass is 250 g/mol. The minimum atomic E-state index is 0.203. The van der Waals surface area contributed by atoms with Gasteiger partial charge in [0.1, 0.15) is 5.75 Å². The van der Waals surface area contributed by atoms with Crippen LogP contribution in [0.1, 0.15) is 26.3 Å². The highest BCUT2D eigenvalue weighted by atomic mass is 16.5. The Bertz CT molecular complexity index is 345. The molecule has 0 heterocycles. The van der Waals surface area contributed by atoms with Crippen LogP contribution in [0.5, 0.6) is 5.75 Å². The van der Waals surface area contributed by atoms with Gasteiger partial charge in [-0.15, -0.1) is 0 Å². The number of hydrogen-bond acceptors (Lipinski definition) is 3. The standard InChI is InChI=1S/C15H26N2O/c1-15(2,3)17-11-10-16-9-8-13-6-5-7-14(12-13)18-4/h5-7,12,16-17H,8-11H2,1-4H3. The summed E-state index contributed by atoms with van der Waals surface area (Å²) in [6, 6.07) is 8.24. The summed E-state index contributed by atoms with van der Waals surface area (Å²) in [6.07, 6.45) is 1.03. The first-order chi connectivity index (χ1) is 8.51. The second-order valence-electron chi connectivity index (χ2n) is 5.53. The maximum atomic E-state index is 5.21. The van der Waals surface area contributed by atoms with Crippen LogP contribution in [0.4, 0.5) is 0 Å². The molecule has 0 unspecified atom stereocenters. The van der Waals surface area contributed by atoms with Crippen molar-refractivity contribution in [2.75, 3.05) is 26.7 Å². The first kappa shape index (κ1) is 15.0. The third-order valence-corrected chi connectivity index (χ3v) is 2.68. The molecule has 0 bridgehead atoms.